The average molecular weight is 327 g/mol. The van der Waals surface area contributed by atoms with Gasteiger partial charge in [0.25, 0.3) is 0 Å². The van der Waals surface area contributed by atoms with E-state index in [0.717, 1.165) is 12.6 Å². The first-order valence-corrected chi connectivity index (χ1v) is 8.62. The van der Waals surface area contributed by atoms with Gasteiger partial charge in [0.2, 0.25) is 0 Å². The zero-order valence-electron chi connectivity index (χ0n) is 10.5. The largest absolute Gasteiger partial charge is 0.370 e. The number of halogens is 1. The quantitative estimate of drug-likeness (QED) is 0.914. The van der Waals surface area contributed by atoms with E-state index in [1.165, 1.54) is 53.2 Å². The van der Waals surface area contributed by atoms with Gasteiger partial charge in [-0.15, -0.1) is 0 Å². The maximum atomic E-state index is 3.63. The maximum Gasteiger partial charge on any atom is 0.0413 e. The van der Waals surface area contributed by atoms with E-state index in [9.17, 15) is 0 Å². The topological polar surface area (TPSA) is 15.3 Å². The molecule has 1 aromatic rings. The highest BCUT2D eigenvalue weighted by atomic mass is 79.9. The zero-order chi connectivity index (χ0) is 12.4. The summed E-state index contributed by atoms with van der Waals surface area (Å²) in [6.45, 7) is 3.37. The van der Waals surface area contributed by atoms with Crippen LogP contribution in [0.5, 0.6) is 0 Å². The van der Waals surface area contributed by atoms with E-state index in [2.05, 4.69) is 56.1 Å². The molecule has 4 heteroatoms. The third-order valence-electron chi connectivity index (χ3n) is 3.55. The van der Waals surface area contributed by atoms with Gasteiger partial charge in [-0.05, 0) is 36.6 Å². The molecule has 0 aromatic heterocycles. The monoisotopic (exact) mass is 326 g/mol. The fraction of sp³-hybridized carbons (Fsp3) is 0.571. The van der Waals surface area contributed by atoms with Crippen LogP contribution in [0.25, 0.3) is 0 Å². The molecule has 1 aromatic carbocycles. The first-order valence-electron chi connectivity index (χ1n) is 6.67. The van der Waals surface area contributed by atoms with Crippen LogP contribution in [0.3, 0.4) is 0 Å². The highest BCUT2D eigenvalue weighted by molar-refractivity contribution is 9.10. The molecule has 0 amide bonds. The maximum absolute atomic E-state index is 3.63. The molecule has 2 fully saturated rings. The minimum absolute atomic E-state index is 0.772. The Kier molecular flexibility index (Phi) is 4.16. The van der Waals surface area contributed by atoms with Gasteiger partial charge in [-0.1, -0.05) is 15.9 Å². The van der Waals surface area contributed by atoms with Crippen LogP contribution in [0.15, 0.2) is 22.7 Å². The lowest BCUT2D eigenvalue weighted by atomic mass is 10.1. The molecule has 98 valence electrons. The van der Waals surface area contributed by atoms with E-state index in [0.29, 0.717) is 0 Å². The molecule has 0 unspecified atom stereocenters. The van der Waals surface area contributed by atoms with Crippen LogP contribution in [-0.2, 0) is 6.54 Å². The van der Waals surface area contributed by atoms with Crippen molar-refractivity contribution in [2.75, 3.05) is 29.5 Å². The summed E-state index contributed by atoms with van der Waals surface area (Å²) in [4.78, 5) is 2.53. The Morgan fingerprint density at radius 3 is 2.78 bits per heavy atom. The summed E-state index contributed by atoms with van der Waals surface area (Å²) in [5.74, 6) is 2.51. The van der Waals surface area contributed by atoms with Crippen LogP contribution in [0.4, 0.5) is 5.69 Å². The fourth-order valence-electron chi connectivity index (χ4n) is 2.35. The second-order valence-electron chi connectivity index (χ2n) is 5.03. The minimum Gasteiger partial charge on any atom is -0.370 e. The van der Waals surface area contributed by atoms with Gasteiger partial charge < -0.3 is 10.2 Å². The molecule has 0 spiro atoms. The van der Waals surface area contributed by atoms with Gasteiger partial charge in [0, 0.05) is 47.3 Å². The van der Waals surface area contributed by atoms with Crippen molar-refractivity contribution in [2.24, 2.45) is 0 Å². The minimum atomic E-state index is 0.772. The van der Waals surface area contributed by atoms with Crippen LogP contribution >= 0.6 is 27.7 Å². The summed E-state index contributed by atoms with van der Waals surface area (Å²) in [5.41, 5.74) is 2.86. The summed E-state index contributed by atoms with van der Waals surface area (Å²) in [6, 6.07) is 7.47. The number of hydrogen-bond acceptors (Lipinski definition) is 3. The van der Waals surface area contributed by atoms with Crippen LogP contribution in [0.2, 0.25) is 0 Å². The summed E-state index contributed by atoms with van der Waals surface area (Å²) in [7, 11) is 0. The van der Waals surface area contributed by atoms with E-state index in [1.54, 1.807) is 0 Å². The van der Waals surface area contributed by atoms with Gasteiger partial charge in [-0.25, -0.2) is 0 Å². The van der Waals surface area contributed by atoms with Crippen LogP contribution in [0, 0.1) is 0 Å². The standard InChI is InChI=1S/C14H19BrN2S/c15-12-1-4-14(17-5-7-18-8-6-17)11(9-12)10-16-13-2-3-13/h1,4,9,13,16H,2-3,5-8,10H2. The van der Waals surface area contributed by atoms with Crippen molar-refractivity contribution < 1.29 is 0 Å². The van der Waals surface area contributed by atoms with Gasteiger partial charge >= 0.3 is 0 Å². The van der Waals surface area contributed by atoms with E-state index in [-0.39, 0.29) is 0 Å². The number of benzene rings is 1. The van der Waals surface area contributed by atoms with Crippen LogP contribution in [0.1, 0.15) is 18.4 Å². The number of rotatable bonds is 4. The third-order valence-corrected chi connectivity index (χ3v) is 4.99. The van der Waals surface area contributed by atoms with Crippen LogP contribution < -0.4 is 10.2 Å². The number of anilines is 1. The first kappa shape index (κ1) is 12.8. The first-order chi connectivity index (χ1) is 8.83. The molecule has 1 aliphatic carbocycles. The Labute approximate surface area is 122 Å². The van der Waals surface area contributed by atoms with Gasteiger partial charge in [-0.3, -0.25) is 0 Å². The van der Waals surface area contributed by atoms with Gasteiger partial charge in [0.05, 0.1) is 0 Å². The summed E-state index contributed by atoms with van der Waals surface area (Å²) >= 11 is 5.66. The molecule has 1 heterocycles. The van der Waals surface area contributed by atoms with Crippen molar-refractivity contribution in [1.29, 1.82) is 0 Å². The van der Waals surface area contributed by atoms with Crippen molar-refractivity contribution in [1.82, 2.24) is 5.32 Å². The Bertz CT molecular complexity index is 414. The molecule has 1 N–H and O–H groups in total. The smallest absolute Gasteiger partial charge is 0.0413 e. The lowest BCUT2D eigenvalue weighted by Crippen LogP contribution is -2.33. The molecule has 2 aliphatic rings. The van der Waals surface area contributed by atoms with Crippen molar-refractivity contribution >= 4 is 33.4 Å². The lowest BCUT2D eigenvalue weighted by molar-refractivity contribution is 0.684. The summed E-state index contributed by atoms with van der Waals surface area (Å²) in [5, 5.41) is 3.63. The molecule has 0 radical (unpaired) electrons. The molecule has 1 aliphatic heterocycles. The second kappa shape index (κ2) is 5.85. The van der Waals surface area contributed by atoms with Gasteiger partial charge in [0.15, 0.2) is 0 Å². The number of nitrogens with one attached hydrogen (secondary N) is 1. The molecule has 1 saturated heterocycles. The highest BCUT2D eigenvalue weighted by Crippen LogP contribution is 2.28. The zero-order valence-corrected chi connectivity index (χ0v) is 12.9. The van der Waals surface area contributed by atoms with E-state index >= 15 is 0 Å². The Hall–Kier alpha value is -0.190. The molecule has 0 atom stereocenters. The number of nitrogens with zero attached hydrogens (tertiary/aromatic N) is 1. The van der Waals surface area contributed by atoms with E-state index in [1.807, 2.05) is 0 Å². The summed E-state index contributed by atoms with van der Waals surface area (Å²) < 4.78 is 1.19. The predicted octanol–water partition coefficient (Wildman–Crippen LogP) is 3.25. The van der Waals surface area contributed by atoms with Crippen LogP contribution in [-0.4, -0.2) is 30.6 Å². The molecular formula is C14H19BrN2S. The van der Waals surface area contributed by atoms with Gasteiger partial charge in [0.1, 0.15) is 0 Å². The molecule has 1 saturated carbocycles. The van der Waals surface area contributed by atoms with Crippen molar-refractivity contribution in [3.05, 3.63) is 28.2 Å². The summed E-state index contributed by atoms with van der Waals surface area (Å²) in [6.07, 6.45) is 2.70. The lowest BCUT2D eigenvalue weighted by Gasteiger charge is -2.30. The normalized spacial score (nSPS) is 20.2. The van der Waals surface area contributed by atoms with E-state index < -0.39 is 0 Å². The SMILES string of the molecule is Brc1ccc(N2CCSCC2)c(CNC2CC2)c1. The molecule has 3 rings (SSSR count). The Balaban J connectivity index is 1.76. The van der Waals surface area contributed by atoms with Gasteiger partial charge in [-0.2, -0.15) is 11.8 Å². The number of hydrogen-bond donors (Lipinski definition) is 1. The van der Waals surface area contributed by atoms with Crippen molar-refractivity contribution in [3.8, 4) is 0 Å². The van der Waals surface area contributed by atoms with Crippen molar-refractivity contribution in [3.63, 3.8) is 0 Å². The molecular weight excluding hydrogens is 308 g/mol. The molecule has 18 heavy (non-hydrogen) atoms. The Morgan fingerprint density at radius 2 is 2.06 bits per heavy atom. The fourth-order valence-corrected chi connectivity index (χ4v) is 3.66. The van der Waals surface area contributed by atoms with Crippen molar-refractivity contribution in [2.45, 2.75) is 25.4 Å². The van der Waals surface area contributed by atoms with E-state index in [4.69, 9.17) is 0 Å². The molecule has 0 bridgehead atoms. The third kappa shape index (κ3) is 3.22. The average Bonchev–Trinajstić information content (AvgIpc) is 3.21. The number of thioether (sulfide) groups is 1. The predicted molar refractivity (Wildman–Crippen MR) is 83.5 cm³/mol. The molecule has 2 nitrogen and oxygen atoms in total. The highest BCUT2D eigenvalue weighted by Gasteiger charge is 2.21. The second-order valence-corrected chi connectivity index (χ2v) is 7.17. The Morgan fingerprint density at radius 1 is 1.28 bits per heavy atom.